The first-order valence-electron chi connectivity index (χ1n) is 11.4. The molecule has 3 heterocycles. The summed E-state index contributed by atoms with van der Waals surface area (Å²) in [6.45, 7) is 5.57. The molecular weight excluding hydrogens is 478 g/mol. The first kappa shape index (κ1) is 24.7. The minimum Gasteiger partial charge on any atom is -0.353 e. The first-order chi connectivity index (χ1) is 16.4. The van der Waals surface area contributed by atoms with Gasteiger partial charge >= 0.3 is 0 Å². The van der Waals surface area contributed by atoms with Gasteiger partial charge in [0.2, 0.25) is 5.91 Å². The maximum absolute atomic E-state index is 12.9. The lowest BCUT2D eigenvalue weighted by Crippen LogP contribution is -2.47. The fraction of sp³-hybridized carbons (Fsp3) is 0.478. The van der Waals surface area contributed by atoms with Crippen molar-refractivity contribution in [2.75, 3.05) is 58.9 Å². The second kappa shape index (κ2) is 11.4. The molecule has 182 valence electrons. The number of halogens is 1. The van der Waals surface area contributed by atoms with Crippen LogP contribution in [0.4, 0.5) is 4.79 Å². The molecule has 0 saturated carbocycles. The normalized spacial score (nSPS) is 19.7. The maximum Gasteiger partial charge on any atom is 0.294 e. The molecule has 4 rings (SSSR count). The Morgan fingerprint density at radius 3 is 2.47 bits per heavy atom. The summed E-state index contributed by atoms with van der Waals surface area (Å²) in [5, 5.41) is 6.06. The quantitative estimate of drug-likeness (QED) is 0.565. The predicted molar refractivity (Wildman–Crippen MR) is 131 cm³/mol. The number of amides is 4. The lowest BCUT2D eigenvalue weighted by atomic mass is 10.0. The number of rotatable bonds is 6. The van der Waals surface area contributed by atoms with Gasteiger partial charge in [0.05, 0.1) is 15.5 Å². The highest BCUT2D eigenvalue weighted by atomic mass is 35.5. The molecule has 1 aromatic carbocycles. The van der Waals surface area contributed by atoms with Crippen LogP contribution in [-0.4, -0.2) is 96.6 Å². The predicted octanol–water partition coefficient (Wildman–Crippen LogP) is 1.55. The Hall–Kier alpha value is -2.40. The van der Waals surface area contributed by atoms with Crippen molar-refractivity contribution in [3.63, 3.8) is 0 Å². The molecule has 0 atom stereocenters. The van der Waals surface area contributed by atoms with Gasteiger partial charge in [-0.15, -0.1) is 0 Å². The van der Waals surface area contributed by atoms with Crippen LogP contribution in [0.15, 0.2) is 34.7 Å². The van der Waals surface area contributed by atoms with Crippen LogP contribution in [0.5, 0.6) is 0 Å². The molecule has 3 aliphatic heterocycles. The molecule has 2 N–H and O–H groups in total. The summed E-state index contributed by atoms with van der Waals surface area (Å²) in [5.74, 6) is -0.910. The molecule has 4 amide bonds. The fourth-order valence-corrected chi connectivity index (χ4v) is 5.45. The van der Waals surface area contributed by atoms with E-state index >= 15 is 0 Å². The summed E-state index contributed by atoms with van der Waals surface area (Å²) in [4.78, 5) is 55.8. The van der Waals surface area contributed by atoms with Crippen molar-refractivity contribution < 1.29 is 19.2 Å². The summed E-state index contributed by atoms with van der Waals surface area (Å²) < 4.78 is 0. The summed E-state index contributed by atoms with van der Waals surface area (Å²) >= 11 is 7.03. The van der Waals surface area contributed by atoms with E-state index in [2.05, 4.69) is 15.5 Å². The SMILES string of the molecule is O=C(CN1C(=O)SC(=C2CCN(C(=O)c3ccccc3Cl)CC2)C1=O)NCCN1CCNCC1. The number of nitrogens with zero attached hydrogens (tertiary/aromatic N) is 3. The largest absolute Gasteiger partial charge is 0.353 e. The van der Waals surface area contributed by atoms with E-state index < -0.39 is 11.1 Å². The summed E-state index contributed by atoms with van der Waals surface area (Å²) in [5.41, 5.74) is 1.31. The van der Waals surface area contributed by atoms with Crippen LogP contribution < -0.4 is 10.6 Å². The molecule has 34 heavy (non-hydrogen) atoms. The number of nitrogens with one attached hydrogen (secondary N) is 2. The van der Waals surface area contributed by atoms with Crippen molar-refractivity contribution in [3.8, 4) is 0 Å². The van der Waals surface area contributed by atoms with Gasteiger partial charge in [0.1, 0.15) is 6.54 Å². The Morgan fingerprint density at radius 1 is 1.06 bits per heavy atom. The van der Waals surface area contributed by atoms with Gasteiger partial charge in [-0.3, -0.25) is 29.0 Å². The number of hydrogen-bond acceptors (Lipinski definition) is 7. The second-order valence-electron chi connectivity index (χ2n) is 8.41. The fourth-order valence-electron chi connectivity index (χ4n) is 4.25. The molecule has 0 spiro atoms. The number of thioether (sulfide) groups is 1. The molecule has 3 saturated heterocycles. The molecule has 3 aliphatic rings. The molecule has 0 aliphatic carbocycles. The van der Waals surface area contributed by atoms with Gasteiger partial charge in [-0.2, -0.15) is 0 Å². The lowest BCUT2D eigenvalue weighted by Gasteiger charge is -2.29. The van der Waals surface area contributed by atoms with Crippen LogP contribution in [0.25, 0.3) is 0 Å². The van der Waals surface area contributed by atoms with Crippen LogP contribution in [-0.2, 0) is 9.59 Å². The van der Waals surface area contributed by atoms with Gasteiger partial charge in [-0.1, -0.05) is 23.7 Å². The summed E-state index contributed by atoms with van der Waals surface area (Å²) in [6.07, 6.45) is 1.00. The van der Waals surface area contributed by atoms with E-state index in [0.717, 1.165) is 55.0 Å². The van der Waals surface area contributed by atoms with Gasteiger partial charge in [-0.05, 0) is 42.3 Å². The average molecular weight is 506 g/mol. The first-order valence-corrected chi connectivity index (χ1v) is 12.6. The number of likely N-dealkylation sites (tertiary alicyclic amines) is 1. The van der Waals surface area contributed by atoms with E-state index in [-0.39, 0.29) is 18.4 Å². The maximum atomic E-state index is 12.9. The third kappa shape index (κ3) is 5.80. The third-order valence-corrected chi connectivity index (χ3v) is 7.58. The minimum atomic E-state index is -0.431. The van der Waals surface area contributed by atoms with Gasteiger partial charge in [0, 0.05) is 52.4 Å². The van der Waals surface area contributed by atoms with Crippen molar-refractivity contribution in [2.45, 2.75) is 12.8 Å². The molecule has 0 unspecified atom stereocenters. The zero-order valence-corrected chi connectivity index (χ0v) is 20.4. The number of piperidine rings is 1. The van der Waals surface area contributed by atoms with Crippen LogP contribution >= 0.6 is 23.4 Å². The number of imide groups is 1. The highest BCUT2D eigenvalue weighted by Crippen LogP contribution is 2.36. The van der Waals surface area contributed by atoms with Crippen LogP contribution in [0.1, 0.15) is 23.2 Å². The molecule has 9 nitrogen and oxygen atoms in total. The number of hydrogen-bond donors (Lipinski definition) is 2. The Morgan fingerprint density at radius 2 is 1.76 bits per heavy atom. The van der Waals surface area contributed by atoms with E-state index in [1.165, 1.54) is 0 Å². The Bertz CT molecular complexity index is 1000. The standard InChI is InChI=1S/C23H28ClN5O4S/c24-18-4-2-1-3-17(18)21(31)28-10-5-16(6-11-28)20-22(32)29(23(33)34-20)15-19(30)26-9-14-27-12-7-25-8-13-27/h1-4,25H,5-15H2,(H,26,30). The molecule has 1 aromatic rings. The Labute approximate surface area is 207 Å². The molecule has 0 bridgehead atoms. The van der Waals surface area contributed by atoms with Crippen molar-refractivity contribution in [1.82, 2.24) is 25.3 Å². The van der Waals surface area contributed by atoms with E-state index in [1.807, 2.05) is 0 Å². The number of piperazine rings is 1. The van der Waals surface area contributed by atoms with E-state index in [4.69, 9.17) is 11.6 Å². The van der Waals surface area contributed by atoms with E-state index in [1.54, 1.807) is 29.2 Å². The van der Waals surface area contributed by atoms with E-state index in [0.29, 0.717) is 48.0 Å². The molecule has 11 heteroatoms. The molecule has 0 radical (unpaired) electrons. The van der Waals surface area contributed by atoms with Gasteiger partial charge in [-0.25, -0.2) is 0 Å². The Kier molecular flexibility index (Phi) is 8.25. The highest BCUT2D eigenvalue weighted by Gasteiger charge is 2.39. The highest BCUT2D eigenvalue weighted by molar-refractivity contribution is 8.18. The smallest absolute Gasteiger partial charge is 0.294 e. The molecule has 3 fully saturated rings. The molecular formula is C23H28ClN5O4S. The van der Waals surface area contributed by atoms with Gasteiger partial charge in [0.25, 0.3) is 17.1 Å². The third-order valence-electron chi connectivity index (χ3n) is 6.19. The van der Waals surface area contributed by atoms with Crippen molar-refractivity contribution in [1.29, 1.82) is 0 Å². The molecule has 0 aromatic heterocycles. The zero-order valence-electron chi connectivity index (χ0n) is 18.8. The Balaban J connectivity index is 1.29. The average Bonchev–Trinajstić information content (AvgIpc) is 3.13. The summed E-state index contributed by atoms with van der Waals surface area (Å²) in [6, 6.07) is 6.92. The monoisotopic (exact) mass is 505 g/mol. The van der Waals surface area contributed by atoms with Crippen LogP contribution in [0, 0.1) is 0 Å². The zero-order chi connectivity index (χ0) is 24.1. The minimum absolute atomic E-state index is 0.143. The van der Waals surface area contributed by atoms with Crippen LogP contribution in [0.3, 0.4) is 0 Å². The summed E-state index contributed by atoms with van der Waals surface area (Å²) in [7, 11) is 0. The van der Waals surface area contributed by atoms with Crippen LogP contribution in [0.2, 0.25) is 5.02 Å². The number of carbonyl (C=O) groups is 4. The number of carbonyl (C=O) groups excluding carboxylic acids is 4. The van der Waals surface area contributed by atoms with Crippen molar-refractivity contribution in [3.05, 3.63) is 45.3 Å². The van der Waals surface area contributed by atoms with Gasteiger partial charge < -0.3 is 15.5 Å². The number of benzene rings is 1. The lowest BCUT2D eigenvalue weighted by molar-refractivity contribution is -0.129. The van der Waals surface area contributed by atoms with E-state index in [9.17, 15) is 19.2 Å². The van der Waals surface area contributed by atoms with Crippen molar-refractivity contribution >= 4 is 46.3 Å². The van der Waals surface area contributed by atoms with Crippen molar-refractivity contribution in [2.24, 2.45) is 0 Å². The topological polar surface area (TPSA) is 102 Å². The second-order valence-corrected chi connectivity index (χ2v) is 9.77. The van der Waals surface area contributed by atoms with Gasteiger partial charge in [0.15, 0.2) is 0 Å².